The molecule has 0 aliphatic heterocycles. The zero-order valence-electron chi connectivity index (χ0n) is 7.83. The first-order valence-electron chi connectivity index (χ1n) is 4.47. The average Bonchev–Trinajstić information content (AvgIpc) is 2.62. The van der Waals surface area contributed by atoms with Crippen LogP contribution in [0.1, 0.15) is 6.92 Å². The van der Waals surface area contributed by atoms with E-state index in [1.165, 1.54) is 10.1 Å². The molecule has 2 aromatic heterocycles. The highest BCUT2D eigenvalue weighted by atomic mass is 35.5. The van der Waals surface area contributed by atoms with Crippen molar-refractivity contribution in [3.8, 4) is 0 Å². The number of hydrogen-bond acceptors (Lipinski definition) is 3. The molecule has 1 atom stereocenters. The Morgan fingerprint density at radius 2 is 2.43 bits per heavy atom. The monoisotopic (exact) mass is 226 g/mol. The molecule has 0 saturated carbocycles. The second-order valence-corrected chi connectivity index (χ2v) is 4.85. The molecule has 0 fully saturated rings. The van der Waals surface area contributed by atoms with Crippen molar-refractivity contribution in [3.05, 3.63) is 23.7 Å². The molecule has 0 saturated heterocycles. The van der Waals surface area contributed by atoms with Gasteiger partial charge in [-0.05, 0) is 24.4 Å². The molecule has 2 heterocycles. The van der Waals surface area contributed by atoms with Crippen LogP contribution in [-0.2, 0) is 0 Å². The lowest BCUT2D eigenvalue weighted by atomic mass is 10.3. The Bertz CT molecular complexity index is 425. The molecule has 0 amide bonds. The van der Waals surface area contributed by atoms with Crippen molar-refractivity contribution in [3.63, 3.8) is 0 Å². The number of fused-ring (bicyclic) bond motifs is 1. The van der Waals surface area contributed by atoms with Crippen molar-refractivity contribution in [1.82, 2.24) is 4.98 Å². The van der Waals surface area contributed by atoms with Crippen LogP contribution in [0.25, 0.3) is 10.1 Å². The summed E-state index contributed by atoms with van der Waals surface area (Å²) in [5, 5.41) is 6.60. The van der Waals surface area contributed by atoms with Gasteiger partial charge in [0.15, 0.2) is 0 Å². The van der Waals surface area contributed by atoms with E-state index in [0.717, 1.165) is 12.4 Å². The number of halogens is 1. The fourth-order valence-corrected chi connectivity index (χ4v) is 2.13. The predicted octanol–water partition coefficient (Wildman–Crippen LogP) is 3.34. The van der Waals surface area contributed by atoms with Gasteiger partial charge in [-0.2, -0.15) is 0 Å². The van der Waals surface area contributed by atoms with Crippen LogP contribution >= 0.6 is 22.9 Å². The van der Waals surface area contributed by atoms with Crippen LogP contribution in [0, 0.1) is 0 Å². The Labute approximate surface area is 91.9 Å². The van der Waals surface area contributed by atoms with Gasteiger partial charge in [0.2, 0.25) is 0 Å². The number of alkyl halides is 1. The van der Waals surface area contributed by atoms with Gasteiger partial charge in [0.05, 0.1) is 0 Å². The molecule has 0 bridgehead atoms. The number of hydrogen-bond donors (Lipinski definition) is 1. The molecular weight excluding hydrogens is 216 g/mol. The SMILES string of the molecule is CC(Cl)CNc1nccc2sccc12. The summed E-state index contributed by atoms with van der Waals surface area (Å²) in [5.41, 5.74) is 0. The molecule has 2 nitrogen and oxygen atoms in total. The van der Waals surface area contributed by atoms with Crippen LogP contribution in [0.15, 0.2) is 23.7 Å². The molecule has 2 aromatic rings. The summed E-state index contributed by atoms with van der Waals surface area (Å²) in [5.74, 6) is 0.927. The summed E-state index contributed by atoms with van der Waals surface area (Å²) in [6, 6.07) is 4.10. The zero-order chi connectivity index (χ0) is 9.97. The van der Waals surface area contributed by atoms with Crippen molar-refractivity contribution in [2.75, 3.05) is 11.9 Å². The minimum atomic E-state index is 0.116. The molecule has 0 radical (unpaired) electrons. The Balaban J connectivity index is 2.27. The van der Waals surface area contributed by atoms with Crippen molar-refractivity contribution < 1.29 is 0 Å². The highest BCUT2D eigenvalue weighted by molar-refractivity contribution is 7.17. The molecule has 1 N–H and O–H groups in total. The van der Waals surface area contributed by atoms with E-state index in [4.69, 9.17) is 11.6 Å². The predicted molar refractivity (Wildman–Crippen MR) is 63.4 cm³/mol. The maximum absolute atomic E-state index is 5.87. The fourth-order valence-electron chi connectivity index (χ4n) is 1.27. The van der Waals surface area contributed by atoms with E-state index >= 15 is 0 Å². The first-order chi connectivity index (χ1) is 6.77. The van der Waals surface area contributed by atoms with E-state index in [9.17, 15) is 0 Å². The number of anilines is 1. The molecule has 2 rings (SSSR count). The smallest absolute Gasteiger partial charge is 0.134 e. The normalized spacial score (nSPS) is 13.0. The Morgan fingerprint density at radius 3 is 3.21 bits per heavy atom. The first-order valence-corrected chi connectivity index (χ1v) is 5.79. The van der Waals surface area contributed by atoms with Gasteiger partial charge in [-0.15, -0.1) is 22.9 Å². The van der Waals surface area contributed by atoms with Crippen LogP contribution in [0.5, 0.6) is 0 Å². The molecule has 1 unspecified atom stereocenters. The number of thiophene rings is 1. The lowest BCUT2D eigenvalue weighted by molar-refractivity contribution is 0.981. The van der Waals surface area contributed by atoms with Crippen molar-refractivity contribution in [2.24, 2.45) is 0 Å². The second kappa shape index (κ2) is 4.15. The van der Waals surface area contributed by atoms with Crippen LogP contribution in [0.4, 0.5) is 5.82 Å². The fraction of sp³-hybridized carbons (Fsp3) is 0.300. The van der Waals surface area contributed by atoms with Crippen molar-refractivity contribution in [2.45, 2.75) is 12.3 Å². The van der Waals surface area contributed by atoms with Gasteiger partial charge in [0.1, 0.15) is 5.82 Å². The highest BCUT2D eigenvalue weighted by Crippen LogP contribution is 2.25. The molecule has 14 heavy (non-hydrogen) atoms. The third-order valence-corrected chi connectivity index (χ3v) is 2.97. The summed E-state index contributed by atoms with van der Waals surface area (Å²) in [6.07, 6.45) is 1.82. The molecule has 0 spiro atoms. The number of nitrogens with zero attached hydrogens (tertiary/aromatic N) is 1. The van der Waals surface area contributed by atoms with Gasteiger partial charge in [-0.3, -0.25) is 0 Å². The topological polar surface area (TPSA) is 24.9 Å². The number of aromatic nitrogens is 1. The van der Waals surface area contributed by atoms with Gasteiger partial charge < -0.3 is 5.32 Å². The summed E-state index contributed by atoms with van der Waals surface area (Å²) >= 11 is 7.59. The van der Waals surface area contributed by atoms with E-state index < -0.39 is 0 Å². The Morgan fingerprint density at radius 1 is 1.57 bits per heavy atom. The molecule has 0 aliphatic carbocycles. The van der Waals surface area contributed by atoms with Gasteiger partial charge in [-0.25, -0.2) is 4.98 Å². The second-order valence-electron chi connectivity index (χ2n) is 3.15. The highest BCUT2D eigenvalue weighted by Gasteiger charge is 2.03. The maximum Gasteiger partial charge on any atom is 0.134 e. The standard InChI is InChI=1S/C10H11ClN2S/c1-7(11)6-13-10-8-3-5-14-9(8)2-4-12-10/h2-5,7H,6H2,1H3,(H,12,13). The number of rotatable bonds is 3. The molecule has 74 valence electrons. The lowest BCUT2D eigenvalue weighted by Crippen LogP contribution is -2.11. The van der Waals surface area contributed by atoms with Crippen molar-refractivity contribution in [1.29, 1.82) is 0 Å². The largest absolute Gasteiger partial charge is 0.368 e. The summed E-state index contributed by atoms with van der Waals surface area (Å²) in [6.45, 7) is 2.70. The van der Waals surface area contributed by atoms with E-state index in [1.807, 2.05) is 19.2 Å². The minimum absolute atomic E-state index is 0.116. The third-order valence-electron chi connectivity index (χ3n) is 1.93. The summed E-state index contributed by atoms with van der Waals surface area (Å²) in [7, 11) is 0. The Hall–Kier alpha value is -0.800. The maximum atomic E-state index is 5.87. The van der Waals surface area contributed by atoms with Gasteiger partial charge >= 0.3 is 0 Å². The average molecular weight is 227 g/mol. The first kappa shape index (κ1) is 9.74. The number of pyridine rings is 1. The Kier molecular flexibility index (Phi) is 2.89. The van der Waals surface area contributed by atoms with Crippen molar-refractivity contribution >= 4 is 38.8 Å². The van der Waals surface area contributed by atoms with E-state index in [0.29, 0.717) is 0 Å². The van der Waals surface area contributed by atoms with Crippen LogP contribution < -0.4 is 5.32 Å². The molecule has 0 aromatic carbocycles. The molecule has 0 aliphatic rings. The van der Waals surface area contributed by atoms with E-state index in [2.05, 4.69) is 21.7 Å². The van der Waals surface area contributed by atoms with Crippen LogP contribution in [0.3, 0.4) is 0 Å². The van der Waals surface area contributed by atoms with Gasteiger partial charge in [0.25, 0.3) is 0 Å². The number of nitrogens with one attached hydrogen (secondary N) is 1. The zero-order valence-corrected chi connectivity index (χ0v) is 9.40. The van der Waals surface area contributed by atoms with Crippen LogP contribution in [-0.4, -0.2) is 16.9 Å². The summed E-state index contributed by atoms with van der Waals surface area (Å²) in [4.78, 5) is 4.29. The third kappa shape index (κ3) is 1.99. The minimum Gasteiger partial charge on any atom is -0.368 e. The molecular formula is C10H11ClN2S. The van der Waals surface area contributed by atoms with Crippen LogP contribution in [0.2, 0.25) is 0 Å². The van der Waals surface area contributed by atoms with E-state index in [-0.39, 0.29) is 5.38 Å². The molecule has 4 heteroatoms. The quantitative estimate of drug-likeness (QED) is 0.813. The summed E-state index contributed by atoms with van der Waals surface area (Å²) < 4.78 is 1.25. The van der Waals surface area contributed by atoms with Gasteiger partial charge in [-0.1, -0.05) is 0 Å². The lowest BCUT2D eigenvalue weighted by Gasteiger charge is -2.07. The van der Waals surface area contributed by atoms with E-state index in [1.54, 1.807) is 11.3 Å². The van der Waals surface area contributed by atoms with Gasteiger partial charge in [0, 0.05) is 28.2 Å².